The van der Waals surface area contributed by atoms with Crippen LogP contribution in [-0.2, 0) is 6.54 Å². The second-order valence-corrected chi connectivity index (χ2v) is 8.53. The largest absolute Gasteiger partial charge is 0.418 e. The summed E-state index contributed by atoms with van der Waals surface area (Å²) < 4.78 is 33.4. The molecular formula is C22H28F2N4O2. The molecule has 2 aliphatic rings. The maximum atomic E-state index is 14.2. The Morgan fingerprint density at radius 1 is 1.17 bits per heavy atom. The van der Waals surface area contributed by atoms with Gasteiger partial charge in [-0.1, -0.05) is 0 Å². The fourth-order valence-electron chi connectivity index (χ4n) is 4.79. The highest BCUT2D eigenvalue weighted by Gasteiger charge is 2.42. The van der Waals surface area contributed by atoms with Crippen molar-refractivity contribution in [1.82, 2.24) is 14.8 Å². The monoisotopic (exact) mass is 418 g/mol. The molecule has 0 radical (unpaired) electrons. The van der Waals surface area contributed by atoms with Gasteiger partial charge in [0.25, 0.3) is 11.9 Å². The van der Waals surface area contributed by atoms with Gasteiger partial charge >= 0.3 is 0 Å². The summed E-state index contributed by atoms with van der Waals surface area (Å²) in [5, 5.41) is 0. The summed E-state index contributed by atoms with van der Waals surface area (Å²) in [4.78, 5) is 22.9. The number of nitrogens with zero attached hydrogens (tertiary/aromatic N) is 4. The van der Waals surface area contributed by atoms with Gasteiger partial charge in [0.1, 0.15) is 11.6 Å². The number of anilines is 1. The van der Waals surface area contributed by atoms with Gasteiger partial charge in [-0.3, -0.25) is 9.69 Å². The minimum Gasteiger partial charge on any atom is -0.418 e. The highest BCUT2D eigenvalue weighted by molar-refractivity contribution is 5.91. The molecule has 0 aliphatic carbocycles. The van der Waals surface area contributed by atoms with Crippen LogP contribution in [0.15, 0.2) is 28.8 Å². The topological polar surface area (TPSA) is 52.8 Å². The van der Waals surface area contributed by atoms with Gasteiger partial charge in [-0.15, -0.1) is 0 Å². The number of benzene rings is 1. The Hall–Kier alpha value is -2.48. The van der Waals surface area contributed by atoms with Gasteiger partial charge in [0.2, 0.25) is 5.76 Å². The number of halogens is 2. The van der Waals surface area contributed by atoms with Crippen LogP contribution >= 0.6 is 0 Å². The van der Waals surface area contributed by atoms with E-state index < -0.39 is 5.82 Å². The van der Waals surface area contributed by atoms with Crippen molar-refractivity contribution in [2.75, 3.05) is 38.6 Å². The maximum absolute atomic E-state index is 14.2. The molecule has 0 N–H and O–H groups in total. The van der Waals surface area contributed by atoms with Gasteiger partial charge in [-0.2, -0.15) is 0 Å². The van der Waals surface area contributed by atoms with E-state index in [0.717, 1.165) is 44.7 Å². The molecule has 2 aromatic rings. The van der Waals surface area contributed by atoms with Crippen molar-refractivity contribution in [3.8, 4) is 0 Å². The molecule has 30 heavy (non-hydrogen) atoms. The molecule has 4 rings (SSSR count). The molecule has 1 aromatic heterocycles. The molecule has 162 valence electrons. The first-order valence-corrected chi connectivity index (χ1v) is 10.5. The molecule has 3 heterocycles. The molecule has 2 fully saturated rings. The van der Waals surface area contributed by atoms with Crippen LogP contribution in [0.1, 0.15) is 48.2 Å². The lowest BCUT2D eigenvalue weighted by Crippen LogP contribution is -2.44. The predicted octanol–water partition coefficient (Wildman–Crippen LogP) is 3.68. The van der Waals surface area contributed by atoms with Crippen LogP contribution < -0.4 is 4.90 Å². The van der Waals surface area contributed by atoms with Gasteiger partial charge in [0, 0.05) is 44.8 Å². The Morgan fingerprint density at radius 3 is 2.67 bits per heavy atom. The van der Waals surface area contributed by atoms with Crippen LogP contribution in [0.4, 0.5) is 14.8 Å². The summed E-state index contributed by atoms with van der Waals surface area (Å²) >= 11 is 0. The molecule has 0 unspecified atom stereocenters. The van der Waals surface area contributed by atoms with E-state index in [-0.39, 0.29) is 23.0 Å². The number of hydrogen-bond donors (Lipinski definition) is 0. The average molecular weight is 418 g/mol. The molecule has 6 nitrogen and oxygen atoms in total. The molecular weight excluding hydrogens is 390 g/mol. The number of likely N-dealkylation sites (tertiary alicyclic amines) is 2. The molecule has 1 spiro atoms. The summed E-state index contributed by atoms with van der Waals surface area (Å²) in [6.07, 6.45) is 6.13. The predicted molar refractivity (Wildman–Crippen MR) is 109 cm³/mol. The molecule has 2 aliphatic heterocycles. The van der Waals surface area contributed by atoms with Crippen molar-refractivity contribution < 1.29 is 18.0 Å². The van der Waals surface area contributed by atoms with Crippen molar-refractivity contribution in [2.24, 2.45) is 0 Å². The fourth-order valence-corrected chi connectivity index (χ4v) is 4.79. The van der Waals surface area contributed by atoms with E-state index in [0.29, 0.717) is 31.2 Å². The van der Waals surface area contributed by atoms with Crippen LogP contribution in [0.5, 0.6) is 0 Å². The minimum absolute atomic E-state index is 0.0794. The third-order valence-electron chi connectivity index (χ3n) is 6.40. The zero-order valence-electron chi connectivity index (χ0n) is 17.5. The van der Waals surface area contributed by atoms with Crippen molar-refractivity contribution in [2.45, 2.75) is 44.2 Å². The maximum Gasteiger partial charge on any atom is 0.297 e. The number of oxazole rings is 1. The molecule has 0 bridgehead atoms. The standard InChI is InChI=1S/C22H28F2N4O2/c1-26(2)21-25-14-19(30-21)20(29)27-10-3-7-22(9-12-27)8-4-11-28(22)15-16-13-17(23)5-6-18(16)24/h5-6,13-14H,3-4,7-12,15H2,1-2H3/t22-/m1/s1. The summed E-state index contributed by atoms with van der Waals surface area (Å²) in [7, 11) is 3.62. The van der Waals surface area contributed by atoms with E-state index in [1.807, 2.05) is 19.0 Å². The summed E-state index contributed by atoms with van der Waals surface area (Å²) in [5.74, 6) is -0.680. The lowest BCUT2D eigenvalue weighted by atomic mass is 9.87. The number of carbonyl (C=O) groups excluding carboxylic acids is 1. The van der Waals surface area contributed by atoms with Crippen LogP contribution in [0.3, 0.4) is 0 Å². The molecule has 8 heteroatoms. The SMILES string of the molecule is CN(C)c1ncc(C(=O)N2CCC[C@@]3(CCCN3Cc3cc(F)ccc3F)CC2)o1. The molecule has 1 atom stereocenters. The first kappa shape index (κ1) is 20.8. The summed E-state index contributed by atoms with van der Waals surface area (Å²) in [5.41, 5.74) is 0.315. The number of carbonyl (C=O) groups is 1. The normalized spacial score (nSPS) is 22.5. The zero-order chi connectivity index (χ0) is 21.3. The van der Waals surface area contributed by atoms with Crippen molar-refractivity contribution in [1.29, 1.82) is 0 Å². The van der Waals surface area contributed by atoms with Gasteiger partial charge in [0.05, 0.1) is 6.20 Å². The summed E-state index contributed by atoms with van der Waals surface area (Å²) in [6, 6.07) is 4.04. The Bertz CT molecular complexity index is 916. The van der Waals surface area contributed by atoms with Crippen LogP contribution in [0, 0.1) is 11.6 Å². The lowest BCUT2D eigenvalue weighted by Gasteiger charge is -2.38. The van der Waals surface area contributed by atoms with Crippen LogP contribution in [-0.4, -0.2) is 60.0 Å². The molecule has 1 amide bonds. The van der Waals surface area contributed by atoms with E-state index in [1.54, 1.807) is 4.90 Å². The fraction of sp³-hybridized carbons (Fsp3) is 0.545. The van der Waals surface area contributed by atoms with Crippen molar-refractivity contribution in [3.63, 3.8) is 0 Å². The van der Waals surface area contributed by atoms with E-state index in [2.05, 4.69) is 9.88 Å². The minimum atomic E-state index is -0.415. The number of amides is 1. The van der Waals surface area contributed by atoms with E-state index in [4.69, 9.17) is 4.42 Å². The number of hydrogen-bond acceptors (Lipinski definition) is 5. The van der Waals surface area contributed by atoms with Gasteiger partial charge in [-0.25, -0.2) is 13.8 Å². The smallest absolute Gasteiger partial charge is 0.297 e. The first-order chi connectivity index (χ1) is 14.4. The van der Waals surface area contributed by atoms with E-state index >= 15 is 0 Å². The van der Waals surface area contributed by atoms with Gasteiger partial charge in [-0.05, 0) is 56.8 Å². The molecule has 1 aromatic carbocycles. The third kappa shape index (κ3) is 4.05. The second-order valence-electron chi connectivity index (χ2n) is 8.53. The highest BCUT2D eigenvalue weighted by Crippen LogP contribution is 2.39. The van der Waals surface area contributed by atoms with Gasteiger partial charge in [0.15, 0.2) is 0 Å². The van der Waals surface area contributed by atoms with Crippen molar-refractivity contribution >= 4 is 11.9 Å². The molecule has 0 saturated carbocycles. The van der Waals surface area contributed by atoms with Crippen molar-refractivity contribution in [3.05, 3.63) is 47.4 Å². The Kier molecular flexibility index (Phi) is 5.77. The zero-order valence-corrected chi connectivity index (χ0v) is 17.5. The van der Waals surface area contributed by atoms with E-state index in [9.17, 15) is 13.6 Å². The Balaban J connectivity index is 1.46. The van der Waals surface area contributed by atoms with E-state index in [1.165, 1.54) is 18.3 Å². The summed E-state index contributed by atoms with van der Waals surface area (Å²) in [6.45, 7) is 2.52. The average Bonchev–Trinajstić information content (AvgIpc) is 3.29. The number of aromatic nitrogens is 1. The van der Waals surface area contributed by atoms with Gasteiger partial charge < -0.3 is 14.2 Å². The lowest BCUT2D eigenvalue weighted by molar-refractivity contribution is 0.0707. The second kappa shape index (κ2) is 8.34. The number of rotatable bonds is 4. The Labute approximate surface area is 175 Å². The first-order valence-electron chi connectivity index (χ1n) is 10.5. The van der Waals surface area contributed by atoms with Crippen LogP contribution in [0.2, 0.25) is 0 Å². The third-order valence-corrected chi connectivity index (χ3v) is 6.40. The van der Waals surface area contributed by atoms with Crippen LogP contribution in [0.25, 0.3) is 0 Å². The highest BCUT2D eigenvalue weighted by atomic mass is 19.1. The molecule has 2 saturated heterocycles. The Morgan fingerprint density at radius 2 is 1.93 bits per heavy atom. The quantitative estimate of drug-likeness (QED) is 0.758.